The van der Waals surface area contributed by atoms with Gasteiger partial charge in [-0.3, -0.25) is 23.4 Å². The van der Waals surface area contributed by atoms with Crippen LogP contribution in [0.5, 0.6) is 11.6 Å². The summed E-state index contributed by atoms with van der Waals surface area (Å²) in [5.41, 5.74) is -2.32. The Bertz CT molecular complexity index is 1910. The number of nitrogens with one attached hydrogen (secondary N) is 2. The molecule has 1 aromatic carbocycles. The van der Waals surface area contributed by atoms with E-state index in [1.165, 1.54) is 4.90 Å². The van der Waals surface area contributed by atoms with Crippen LogP contribution in [0.2, 0.25) is 5.02 Å². The molecule has 3 amide bonds. The number of aromatic nitrogens is 1. The van der Waals surface area contributed by atoms with Crippen LogP contribution in [0.4, 0.5) is 0 Å². The summed E-state index contributed by atoms with van der Waals surface area (Å²) >= 11 is 6.51. The largest absolute Gasteiger partial charge is 0.488 e. The zero-order chi connectivity index (χ0) is 39.2. The smallest absolute Gasteiger partial charge is 0.362 e. The molecule has 0 radical (unpaired) electrons. The van der Waals surface area contributed by atoms with E-state index in [0.29, 0.717) is 47.5 Å². The lowest BCUT2D eigenvalue weighted by molar-refractivity contribution is -0.170. The number of carbonyl (C=O) groups excluding carboxylic acids is 4. The van der Waals surface area contributed by atoms with E-state index in [4.69, 9.17) is 30.0 Å². The first-order valence-corrected chi connectivity index (χ1v) is 20.6. The fourth-order valence-electron chi connectivity index (χ4n) is 7.44. The summed E-state index contributed by atoms with van der Waals surface area (Å²) in [5, 5.41) is 3.83. The third-order valence-corrected chi connectivity index (χ3v) is 12.3. The number of likely N-dealkylation sites (tertiary alicyclic amines) is 1. The Labute approximate surface area is 321 Å². The maximum absolute atomic E-state index is 14.7. The summed E-state index contributed by atoms with van der Waals surface area (Å²) < 4.78 is 50.3. The molecular formula is C38H51ClN4O10S. The Morgan fingerprint density at radius 2 is 1.83 bits per heavy atom. The van der Waals surface area contributed by atoms with Crippen LogP contribution in [0.1, 0.15) is 99.3 Å². The molecule has 1 aliphatic heterocycles. The predicted octanol–water partition coefficient (Wildman–Crippen LogP) is 5.00. The first-order chi connectivity index (χ1) is 25.4. The van der Waals surface area contributed by atoms with Crippen molar-refractivity contribution in [2.45, 2.75) is 129 Å². The number of carbonyl (C=O) groups is 4. The van der Waals surface area contributed by atoms with Gasteiger partial charge in [-0.05, 0) is 75.8 Å². The highest BCUT2D eigenvalue weighted by Gasteiger charge is 2.62. The molecule has 3 saturated carbocycles. The fraction of sp³-hybridized carbons (Fsp3) is 0.658. The molecular weight excluding hydrogens is 740 g/mol. The SMILES string of the molecule is CCOc1cc(O[C@@H]2C[C@@H](C(=O)N[C@]3(C(=O)NS(=O)(=O)OC4CC4)C[C@H]3CC)N(C(=O)[C@@H](CC(=O)OC3(C)CCC3)C(C)(C)C)C2)c2cccc(Cl)c2n1. The molecule has 14 nitrogen and oxygen atoms in total. The standard InChI is InChI=1S/C38H51ClN4O10S/c1-7-22-20-38(22,35(47)42-54(48,49)53-23-13-14-23)41-33(45)28-17-24(51-29-19-30(50-8-2)40-32-25(29)11-9-12-27(32)39)21-43(28)34(46)26(36(3,4)5)18-31(44)52-37(6)15-10-16-37/h9,11-12,19,22-24,26,28H,7-8,10,13-18,20-21H2,1-6H3,(H,41,45)(H,42,47)/t22-,24-,26-,28+,38-/m1/s1. The van der Waals surface area contributed by atoms with Gasteiger partial charge in [-0.2, -0.15) is 8.42 Å². The van der Waals surface area contributed by atoms with E-state index in [-0.39, 0.29) is 37.6 Å². The first-order valence-electron chi connectivity index (χ1n) is 18.9. The van der Waals surface area contributed by atoms with Crippen molar-refractivity contribution in [3.05, 3.63) is 29.3 Å². The summed E-state index contributed by atoms with van der Waals surface area (Å²) in [6.07, 6.45) is 2.96. The van der Waals surface area contributed by atoms with Gasteiger partial charge in [0.05, 0.1) is 42.1 Å². The molecule has 0 spiro atoms. The molecule has 6 rings (SSSR count). The molecule has 2 heterocycles. The van der Waals surface area contributed by atoms with Crippen molar-refractivity contribution in [2.24, 2.45) is 17.3 Å². The van der Waals surface area contributed by atoms with Gasteiger partial charge in [-0.25, -0.2) is 9.71 Å². The number of hydrogen-bond donors (Lipinski definition) is 2. The highest BCUT2D eigenvalue weighted by Crippen LogP contribution is 2.47. The number of para-hydroxylation sites is 1. The van der Waals surface area contributed by atoms with Gasteiger partial charge in [0, 0.05) is 17.9 Å². The predicted molar refractivity (Wildman–Crippen MR) is 199 cm³/mol. The van der Waals surface area contributed by atoms with Gasteiger partial charge in [0.1, 0.15) is 29.0 Å². The van der Waals surface area contributed by atoms with Gasteiger partial charge < -0.3 is 24.4 Å². The lowest BCUT2D eigenvalue weighted by atomic mass is 9.77. The van der Waals surface area contributed by atoms with E-state index in [1.54, 1.807) is 24.3 Å². The van der Waals surface area contributed by atoms with Crippen LogP contribution in [0.15, 0.2) is 24.3 Å². The number of benzene rings is 1. The Morgan fingerprint density at radius 1 is 1.11 bits per heavy atom. The maximum Gasteiger partial charge on any atom is 0.362 e. The van der Waals surface area contributed by atoms with E-state index in [1.807, 2.05) is 46.3 Å². The molecule has 0 unspecified atom stereocenters. The van der Waals surface area contributed by atoms with Crippen LogP contribution >= 0.6 is 11.6 Å². The van der Waals surface area contributed by atoms with Gasteiger partial charge in [-0.1, -0.05) is 51.8 Å². The van der Waals surface area contributed by atoms with E-state index in [9.17, 15) is 27.6 Å². The lowest BCUT2D eigenvalue weighted by Gasteiger charge is -2.39. The molecule has 4 aliphatic rings. The van der Waals surface area contributed by atoms with Crippen molar-refractivity contribution in [1.29, 1.82) is 0 Å². The quantitative estimate of drug-likeness (QED) is 0.232. The van der Waals surface area contributed by atoms with Crippen molar-refractivity contribution < 1.29 is 46.0 Å². The summed E-state index contributed by atoms with van der Waals surface area (Å²) in [6, 6.07) is 5.77. The van der Waals surface area contributed by atoms with Crippen LogP contribution in [0.25, 0.3) is 10.9 Å². The van der Waals surface area contributed by atoms with Crippen molar-refractivity contribution in [3.63, 3.8) is 0 Å². The molecule has 0 bridgehead atoms. The number of ether oxygens (including phenoxy) is 3. The highest BCUT2D eigenvalue weighted by molar-refractivity contribution is 7.85. The fourth-order valence-corrected chi connectivity index (χ4v) is 8.67. The molecule has 4 fully saturated rings. The van der Waals surface area contributed by atoms with E-state index in [2.05, 4.69) is 10.3 Å². The second kappa shape index (κ2) is 15.1. The summed E-state index contributed by atoms with van der Waals surface area (Å²) in [6.45, 7) is 11.4. The van der Waals surface area contributed by atoms with Crippen LogP contribution in [0.3, 0.4) is 0 Å². The third kappa shape index (κ3) is 8.73. The maximum atomic E-state index is 14.7. The Morgan fingerprint density at radius 3 is 2.43 bits per heavy atom. The molecule has 296 valence electrons. The number of amides is 3. The van der Waals surface area contributed by atoms with Crippen LogP contribution in [0, 0.1) is 17.3 Å². The minimum absolute atomic E-state index is 0.0232. The molecule has 54 heavy (non-hydrogen) atoms. The molecule has 2 N–H and O–H groups in total. The van der Waals surface area contributed by atoms with Crippen LogP contribution < -0.4 is 19.5 Å². The topological polar surface area (TPSA) is 180 Å². The second-order valence-corrected chi connectivity index (χ2v) is 18.1. The molecule has 1 aromatic heterocycles. The molecule has 16 heteroatoms. The highest BCUT2D eigenvalue weighted by atomic mass is 35.5. The summed E-state index contributed by atoms with van der Waals surface area (Å²) in [7, 11) is -4.40. The van der Waals surface area contributed by atoms with Gasteiger partial charge in [0.25, 0.3) is 5.91 Å². The van der Waals surface area contributed by atoms with Gasteiger partial charge in [0.15, 0.2) is 0 Å². The number of rotatable bonds is 15. The number of halogens is 1. The normalized spacial score (nSPS) is 25.3. The van der Waals surface area contributed by atoms with Crippen molar-refractivity contribution in [1.82, 2.24) is 19.9 Å². The number of fused-ring (bicyclic) bond motifs is 1. The number of hydrogen-bond acceptors (Lipinski definition) is 11. The van der Waals surface area contributed by atoms with Crippen molar-refractivity contribution in [2.75, 3.05) is 13.2 Å². The summed E-state index contributed by atoms with van der Waals surface area (Å²) in [5.74, 6) is -3.00. The Kier molecular flexibility index (Phi) is 11.2. The Hall–Kier alpha value is -3.69. The number of nitrogens with zero attached hydrogens (tertiary/aromatic N) is 2. The average Bonchev–Trinajstić information content (AvgIpc) is 3.98. The van der Waals surface area contributed by atoms with E-state index in [0.717, 1.165) is 19.3 Å². The molecule has 5 atom stereocenters. The van der Waals surface area contributed by atoms with E-state index >= 15 is 0 Å². The zero-order valence-corrected chi connectivity index (χ0v) is 33.3. The number of pyridine rings is 1. The Balaban J connectivity index is 1.29. The van der Waals surface area contributed by atoms with Gasteiger partial charge in [-0.15, -0.1) is 0 Å². The van der Waals surface area contributed by atoms with Crippen LogP contribution in [-0.2, 0) is 38.4 Å². The second-order valence-electron chi connectivity index (χ2n) is 16.4. The summed E-state index contributed by atoms with van der Waals surface area (Å²) in [4.78, 5) is 61.9. The average molecular weight is 791 g/mol. The third-order valence-electron chi connectivity index (χ3n) is 11.0. The van der Waals surface area contributed by atoms with Crippen molar-refractivity contribution in [3.8, 4) is 11.6 Å². The molecule has 1 saturated heterocycles. The zero-order valence-electron chi connectivity index (χ0n) is 31.7. The first kappa shape index (κ1) is 40.0. The monoisotopic (exact) mass is 790 g/mol. The van der Waals surface area contributed by atoms with Gasteiger partial charge in [0.2, 0.25) is 17.7 Å². The minimum Gasteiger partial charge on any atom is -0.488 e. The lowest BCUT2D eigenvalue weighted by Crippen LogP contribution is -2.57. The molecule has 3 aliphatic carbocycles. The van der Waals surface area contributed by atoms with Gasteiger partial charge >= 0.3 is 16.3 Å². The number of esters is 1. The molecule has 2 aromatic rings. The van der Waals surface area contributed by atoms with Crippen molar-refractivity contribution >= 4 is 56.5 Å². The minimum atomic E-state index is -4.40. The van der Waals surface area contributed by atoms with Crippen LogP contribution in [-0.4, -0.2) is 84.5 Å². The van der Waals surface area contributed by atoms with E-state index < -0.39 is 74.7 Å².